The minimum Gasteiger partial charge on any atom is -0.394 e. The Hall–Kier alpha value is -0.650. The highest BCUT2D eigenvalue weighted by atomic mass is 16.3. The lowest BCUT2D eigenvalue weighted by Gasteiger charge is -2.26. The molecule has 53 heavy (non-hydrogen) atoms. The summed E-state index contributed by atoms with van der Waals surface area (Å²) in [5.74, 6) is -0.141. The molecule has 0 aliphatic carbocycles. The molecular formula is C48H97NO4. The molecule has 5 nitrogen and oxygen atoms in total. The SMILES string of the molecule is CCCCCCCCCCCCCCCCCCCCCCCCCCCCCCCCCC(=O)N[C@@H](CO)[C@H](O)[C@H](O)CCCCCCCCCC. The molecule has 0 saturated carbocycles. The first kappa shape index (κ1) is 52.3. The van der Waals surface area contributed by atoms with E-state index in [1.54, 1.807) is 0 Å². The fourth-order valence-corrected chi connectivity index (χ4v) is 7.93. The quantitative estimate of drug-likeness (QED) is 0.0466. The molecule has 0 aliphatic heterocycles. The molecule has 0 saturated heterocycles. The maximum absolute atomic E-state index is 12.4. The second-order valence-electron chi connectivity index (χ2n) is 17.0. The molecule has 0 heterocycles. The second kappa shape index (κ2) is 44.1. The Labute approximate surface area is 332 Å². The van der Waals surface area contributed by atoms with Crippen molar-refractivity contribution in [3.63, 3.8) is 0 Å². The Morgan fingerprint density at radius 1 is 0.396 bits per heavy atom. The zero-order valence-corrected chi connectivity index (χ0v) is 36.2. The lowest BCUT2D eigenvalue weighted by molar-refractivity contribution is -0.124. The molecule has 0 rings (SSSR count). The van der Waals surface area contributed by atoms with Gasteiger partial charge in [0.2, 0.25) is 5.91 Å². The Morgan fingerprint density at radius 2 is 0.642 bits per heavy atom. The number of aliphatic hydroxyl groups is 3. The molecule has 0 spiro atoms. The van der Waals surface area contributed by atoms with Crippen LogP contribution in [0, 0.1) is 0 Å². The van der Waals surface area contributed by atoms with E-state index >= 15 is 0 Å². The van der Waals surface area contributed by atoms with Crippen molar-refractivity contribution in [2.75, 3.05) is 6.61 Å². The van der Waals surface area contributed by atoms with Crippen LogP contribution in [0.2, 0.25) is 0 Å². The van der Waals surface area contributed by atoms with E-state index in [2.05, 4.69) is 19.2 Å². The van der Waals surface area contributed by atoms with Gasteiger partial charge in [-0.2, -0.15) is 0 Å². The van der Waals surface area contributed by atoms with E-state index in [0.717, 1.165) is 38.5 Å². The summed E-state index contributed by atoms with van der Waals surface area (Å²) in [5.41, 5.74) is 0. The lowest BCUT2D eigenvalue weighted by atomic mass is 9.99. The van der Waals surface area contributed by atoms with Crippen LogP contribution < -0.4 is 5.32 Å². The standard InChI is InChI=1S/C48H97NO4/c1-3-5-7-9-11-13-14-15-16-17-18-19-20-21-22-23-24-25-26-27-28-29-30-31-32-33-34-35-37-39-41-43-47(52)49-45(44-50)48(53)46(51)42-40-38-36-12-10-8-6-4-2/h45-46,48,50-51,53H,3-44H2,1-2H3,(H,49,52)/t45-,46+,48-/m0/s1. The van der Waals surface area contributed by atoms with Crippen molar-refractivity contribution >= 4 is 5.91 Å². The summed E-state index contributed by atoms with van der Waals surface area (Å²) in [6.07, 6.45) is 51.2. The number of hydrogen-bond donors (Lipinski definition) is 4. The Balaban J connectivity index is 3.39. The van der Waals surface area contributed by atoms with E-state index in [4.69, 9.17) is 0 Å². The van der Waals surface area contributed by atoms with E-state index in [0.29, 0.717) is 12.8 Å². The van der Waals surface area contributed by atoms with E-state index in [1.807, 2.05) is 0 Å². The third-order valence-corrected chi connectivity index (χ3v) is 11.7. The number of nitrogens with one attached hydrogen (secondary N) is 1. The molecule has 5 heteroatoms. The Morgan fingerprint density at radius 3 is 0.906 bits per heavy atom. The minimum absolute atomic E-state index is 0.141. The molecule has 0 unspecified atom stereocenters. The predicted molar refractivity (Wildman–Crippen MR) is 232 cm³/mol. The van der Waals surface area contributed by atoms with Gasteiger partial charge in [0.05, 0.1) is 18.8 Å². The number of rotatable bonds is 45. The highest BCUT2D eigenvalue weighted by Crippen LogP contribution is 2.18. The van der Waals surface area contributed by atoms with Crippen molar-refractivity contribution < 1.29 is 20.1 Å². The van der Waals surface area contributed by atoms with Crippen molar-refractivity contribution in [1.82, 2.24) is 5.32 Å². The van der Waals surface area contributed by atoms with E-state index < -0.39 is 18.2 Å². The predicted octanol–water partition coefficient (Wildman–Crippen LogP) is 14.2. The molecule has 0 bridgehead atoms. The lowest BCUT2D eigenvalue weighted by Crippen LogP contribution is -2.50. The highest BCUT2D eigenvalue weighted by molar-refractivity contribution is 5.76. The minimum atomic E-state index is -1.13. The van der Waals surface area contributed by atoms with Crippen molar-refractivity contribution in [2.45, 2.75) is 295 Å². The highest BCUT2D eigenvalue weighted by Gasteiger charge is 2.26. The average molecular weight is 752 g/mol. The van der Waals surface area contributed by atoms with Crippen LogP contribution in [0.4, 0.5) is 0 Å². The molecule has 1 amide bonds. The molecule has 0 radical (unpaired) electrons. The number of carbonyl (C=O) groups excluding carboxylic acids is 1. The molecular weight excluding hydrogens is 655 g/mol. The summed E-state index contributed by atoms with van der Waals surface area (Å²) in [6, 6.07) is -0.801. The summed E-state index contributed by atoms with van der Waals surface area (Å²) in [5, 5.41) is 33.3. The molecule has 0 aromatic heterocycles. The zero-order valence-electron chi connectivity index (χ0n) is 36.2. The van der Waals surface area contributed by atoms with Crippen LogP contribution in [-0.4, -0.2) is 46.1 Å². The topological polar surface area (TPSA) is 89.8 Å². The van der Waals surface area contributed by atoms with Crippen LogP contribution in [0.3, 0.4) is 0 Å². The molecule has 318 valence electrons. The fourth-order valence-electron chi connectivity index (χ4n) is 7.93. The van der Waals surface area contributed by atoms with Gasteiger partial charge in [-0.25, -0.2) is 0 Å². The van der Waals surface area contributed by atoms with Crippen LogP contribution in [0.1, 0.15) is 277 Å². The molecule has 0 aromatic carbocycles. The number of amides is 1. The largest absolute Gasteiger partial charge is 0.394 e. The molecule has 0 aromatic rings. The molecule has 0 aliphatic rings. The third-order valence-electron chi connectivity index (χ3n) is 11.7. The van der Waals surface area contributed by atoms with Gasteiger partial charge >= 0.3 is 0 Å². The van der Waals surface area contributed by atoms with E-state index in [9.17, 15) is 20.1 Å². The van der Waals surface area contributed by atoms with Crippen LogP contribution in [0.5, 0.6) is 0 Å². The van der Waals surface area contributed by atoms with Crippen molar-refractivity contribution in [2.24, 2.45) is 0 Å². The first-order chi connectivity index (χ1) is 26.1. The number of carbonyl (C=O) groups is 1. The maximum atomic E-state index is 12.4. The third kappa shape index (κ3) is 39.4. The van der Waals surface area contributed by atoms with Gasteiger partial charge in [-0.1, -0.05) is 258 Å². The summed E-state index contributed by atoms with van der Waals surface area (Å²) in [4.78, 5) is 12.4. The monoisotopic (exact) mass is 752 g/mol. The van der Waals surface area contributed by atoms with Crippen molar-refractivity contribution in [1.29, 1.82) is 0 Å². The molecule has 4 N–H and O–H groups in total. The van der Waals surface area contributed by atoms with Gasteiger partial charge in [0.1, 0.15) is 6.10 Å². The van der Waals surface area contributed by atoms with Gasteiger partial charge in [0.25, 0.3) is 0 Å². The summed E-state index contributed by atoms with van der Waals surface area (Å²) < 4.78 is 0. The first-order valence-electron chi connectivity index (χ1n) is 24.3. The Bertz CT molecular complexity index is 703. The van der Waals surface area contributed by atoms with Crippen LogP contribution in [0.25, 0.3) is 0 Å². The summed E-state index contributed by atoms with van der Waals surface area (Å²) in [6.45, 7) is 4.16. The van der Waals surface area contributed by atoms with Crippen molar-refractivity contribution in [3.05, 3.63) is 0 Å². The number of aliphatic hydroxyl groups excluding tert-OH is 3. The van der Waals surface area contributed by atoms with Crippen molar-refractivity contribution in [3.8, 4) is 0 Å². The molecule has 0 fully saturated rings. The fraction of sp³-hybridized carbons (Fsp3) is 0.979. The number of unbranched alkanes of at least 4 members (excludes halogenated alkanes) is 37. The second-order valence-corrected chi connectivity index (χ2v) is 17.0. The molecule has 3 atom stereocenters. The average Bonchev–Trinajstić information content (AvgIpc) is 3.16. The van der Waals surface area contributed by atoms with Gasteiger partial charge in [-0.3, -0.25) is 4.79 Å². The summed E-state index contributed by atoms with van der Waals surface area (Å²) in [7, 11) is 0. The van der Waals surface area contributed by atoms with Gasteiger partial charge in [-0.15, -0.1) is 0 Å². The van der Waals surface area contributed by atoms with E-state index in [1.165, 1.54) is 212 Å². The summed E-state index contributed by atoms with van der Waals surface area (Å²) >= 11 is 0. The van der Waals surface area contributed by atoms with E-state index in [-0.39, 0.29) is 12.5 Å². The van der Waals surface area contributed by atoms with Gasteiger partial charge < -0.3 is 20.6 Å². The number of hydrogen-bond acceptors (Lipinski definition) is 4. The smallest absolute Gasteiger partial charge is 0.220 e. The van der Waals surface area contributed by atoms with Gasteiger partial charge in [0, 0.05) is 6.42 Å². The van der Waals surface area contributed by atoms with Crippen LogP contribution in [-0.2, 0) is 4.79 Å². The maximum Gasteiger partial charge on any atom is 0.220 e. The Kier molecular flexibility index (Phi) is 43.5. The normalized spacial score (nSPS) is 13.4. The van der Waals surface area contributed by atoms with Gasteiger partial charge in [-0.05, 0) is 12.8 Å². The van der Waals surface area contributed by atoms with Crippen LogP contribution in [0.15, 0.2) is 0 Å². The zero-order chi connectivity index (χ0) is 38.7. The van der Waals surface area contributed by atoms with Gasteiger partial charge in [0.15, 0.2) is 0 Å². The first-order valence-corrected chi connectivity index (χ1v) is 24.3. The van der Waals surface area contributed by atoms with Crippen LogP contribution >= 0.6 is 0 Å².